The van der Waals surface area contributed by atoms with Gasteiger partial charge in [0.15, 0.2) is 17.1 Å². The maximum atomic E-state index is 12.2. The van der Waals surface area contributed by atoms with E-state index >= 15 is 0 Å². The molecule has 11 heteroatoms. The molecule has 0 fully saturated rings. The second kappa shape index (κ2) is 28.5. The molecular formula is C83H86Ir2N4O5-2. The average molecular weight is 1600 g/mol. The number of furan rings is 1. The van der Waals surface area contributed by atoms with Crippen LogP contribution in [0.4, 0.5) is 0 Å². The summed E-state index contributed by atoms with van der Waals surface area (Å²) in [5, 5.41) is 36.6. The summed E-state index contributed by atoms with van der Waals surface area (Å²) in [4.78, 5) is 34.1. The Morgan fingerprint density at radius 1 is 0.500 bits per heavy atom. The minimum absolute atomic E-state index is 0. The van der Waals surface area contributed by atoms with Crippen molar-refractivity contribution in [2.75, 3.05) is 0 Å². The molecule has 14 rings (SSSR count). The van der Waals surface area contributed by atoms with Crippen molar-refractivity contribution in [3.8, 4) is 0 Å². The van der Waals surface area contributed by atoms with Crippen molar-refractivity contribution >= 4 is 132 Å². The quantitative estimate of drug-likeness (QED) is 0.0365. The predicted octanol–water partition coefficient (Wildman–Crippen LogP) is 23.0. The fourth-order valence-electron chi connectivity index (χ4n) is 12.9. The van der Waals surface area contributed by atoms with Crippen molar-refractivity contribution in [3.63, 3.8) is 0 Å². The van der Waals surface area contributed by atoms with Gasteiger partial charge in [0.1, 0.15) is 22.6 Å². The van der Waals surface area contributed by atoms with Crippen LogP contribution in [0.15, 0.2) is 192 Å². The number of aliphatic hydroxyl groups is 2. The van der Waals surface area contributed by atoms with E-state index in [4.69, 9.17) is 9.40 Å². The molecule has 2 N–H and O–H groups in total. The van der Waals surface area contributed by atoms with Gasteiger partial charge in [-0.1, -0.05) is 225 Å². The summed E-state index contributed by atoms with van der Waals surface area (Å²) in [6.07, 6.45) is 13.4. The molecule has 0 atom stereocenters. The molecule has 0 spiro atoms. The van der Waals surface area contributed by atoms with Crippen LogP contribution in [0.2, 0.25) is 0 Å². The molecule has 0 amide bonds. The van der Waals surface area contributed by atoms with Gasteiger partial charge in [0.25, 0.3) is 0 Å². The topological polar surface area (TPSA) is 122 Å². The number of benzene rings is 9. The molecule has 94 heavy (non-hydrogen) atoms. The zero-order chi connectivity index (χ0) is 65.4. The first-order chi connectivity index (χ1) is 44.3. The predicted molar refractivity (Wildman–Crippen MR) is 386 cm³/mol. The van der Waals surface area contributed by atoms with E-state index in [1.165, 1.54) is 66.3 Å². The number of para-hydroxylation sites is 2. The fraction of sp³-hybridized carbons (Fsp3) is 0.301. The molecular weight excluding hydrogens is 1520 g/mol. The van der Waals surface area contributed by atoms with Gasteiger partial charge in [-0.25, -0.2) is 0 Å². The number of nitrogens with zero attached hydrogens (tertiary/aromatic N) is 4. The first-order valence-electron chi connectivity index (χ1n) is 33.1. The van der Waals surface area contributed by atoms with E-state index in [0.717, 1.165) is 123 Å². The number of aryl methyl sites for hydroxylation is 1. The summed E-state index contributed by atoms with van der Waals surface area (Å²) in [5.74, 6) is 0.572. The van der Waals surface area contributed by atoms with Crippen molar-refractivity contribution in [1.29, 1.82) is 0 Å². The molecule has 0 bridgehead atoms. The van der Waals surface area contributed by atoms with E-state index < -0.39 is 0 Å². The van der Waals surface area contributed by atoms with E-state index in [1.54, 1.807) is 0 Å². The van der Waals surface area contributed by atoms with Gasteiger partial charge in [-0.15, -0.1) is 46.7 Å². The fourth-order valence-corrected chi connectivity index (χ4v) is 12.9. The van der Waals surface area contributed by atoms with Crippen LogP contribution in [-0.2, 0) is 49.8 Å². The summed E-state index contributed by atoms with van der Waals surface area (Å²) in [5.41, 5.74) is 7.97. The number of hydrogen-bond donors (Lipinski definition) is 2. The Kier molecular flexibility index (Phi) is 21.3. The summed E-state index contributed by atoms with van der Waals surface area (Å²) >= 11 is 0. The Morgan fingerprint density at radius 2 is 1.01 bits per heavy atom. The summed E-state index contributed by atoms with van der Waals surface area (Å²) in [6.45, 7) is 26.4. The largest absolute Gasteiger partial charge is 0.512 e. The molecule has 2 radical (unpaired) electrons. The van der Waals surface area contributed by atoms with Crippen LogP contribution in [0, 0.1) is 40.7 Å². The third kappa shape index (κ3) is 12.5. The number of ketones is 2. The van der Waals surface area contributed by atoms with Gasteiger partial charge >= 0.3 is 0 Å². The number of pyridine rings is 2. The van der Waals surface area contributed by atoms with Crippen molar-refractivity contribution in [1.82, 2.24) is 18.8 Å². The average Bonchev–Trinajstić information content (AvgIpc) is 1.47. The molecule has 9 aromatic carbocycles. The molecule has 5 aromatic heterocycles. The Morgan fingerprint density at radius 3 is 1.62 bits per heavy atom. The third-order valence-electron chi connectivity index (χ3n) is 21.3. The molecule has 0 unspecified atom stereocenters. The maximum absolute atomic E-state index is 12.2. The third-order valence-corrected chi connectivity index (χ3v) is 21.3. The minimum Gasteiger partial charge on any atom is -0.512 e. The smallest absolute Gasteiger partial charge is 0.164 e. The first kappa shape index (κ1) is 70.3. The molecule has 0 aliphatic carbocycles. The van der Waals surface area contributed by atoms with Crippen LogP contribution < -0.4 is 0 Å². The zero-order valence-corrected chi connectivity index (χ0v) is 61.3. The van der Waals surface area contributed by atoms with Crippen LogP contribution in [-0.4, -0.2) is 40.5 Å². The van der Waals surface area contributed by atoms with Gasteiger partial charge in [0.05, 0.1) is 16.8 Å². The van der Waals surface area contributed by atoms with Crippen LogP contribution in [0.1, 0.15) is 140 Å². The number of allylic oxidation sites excluding steroid dienone is 4. The number of carbonyl (C=O) groups excluding carboxylic acids is 2. The number of hydrogen-bond acceptors (Lipinski definition) is 7. The SMILES string of the molecule is CCC(C)(CC)C(=O)C=C(O)C(C)(CC)CC.CCC(C)(CC)C(=O)C=C(O)C(C)(CC)CC.Cc1c2ccccc2[c-]c2c1c1ccccc1n1ccnc21.[Ir].[Ir].[c-]1c2ccccc2cc2c1c1nc3ccc4c5ccccc5oc4c3n1c1ccc3ccccc3c21. The van der Waals surface area contributed by atoms with E-state index in [-0.39, 0.29) is 85.0 Å². The van der Waals surface area contributed by atoms with Gasteiger partial charge in [0, 0.05) is 108 Å². The van der Waals surface area contributed by atoms with E-state index in [2.05, 4.69) is 172 Å². The molecule has 0 saturated heterocycles. The van der Waals surface area contributed by atoms with Crippen LogP contribution in [0.5, 0.6) is 0 Å². The van der Waals surface area contributed by atoms with E-state index in [0.29, 0.717) is 0 Å². The van der Waals surface area contributed by atoms with Gasteiger partial charge in [0.2, 0.25) is 0 Å². The zero-order valence-electron chi connectivity index (χ0n) is 56.5. The van der Waals surface area contributed by atoms with Crippen molar-refractivity contribution < 1.29 is 64.4 Å². The van der Waals surface area contributed by atoms with Gasteiger partial charge in [-0.3, -0.25) is 19.6 Å². The number of imidazole rings is 2. The monoisotopic (exact) mass is 1600 g/mol. The Labute approximate surface area is 579 Å². The maximum Gasteiger partial charge on any atom is 0.164 e. The normalized spacial score (nSPS) is 12.6. The first-order valence-corrected chi connectivity index (χ1v) is 33.1. The number of aromatic nitrogens is 4. The molecule has 14 aromatic rings. The van der Waals surface area contributed by atoms with Crippen molar-refractivity contribution in [3.05, 3.63) is 205 Å². The number of aliphatic hydroxyl groups excluding tert-OH is 2. The van der Waals surface area contributed by atoms with Crippen LogP contribution in [0.3, 0.4) is 0 Å². The van der Waals surface area contributed by atoms with Crippen LogP contribution >= 0.6 is 0 Å². The van der Waals surface area contributed by atoms with Gasteiger partial charge in [-0.2, -0.15) is 0 Å². The van der Waals surface area contributed by atoms with Crippen LogP contribution in [0.25, 0.3) is 120 Å². The standard InChI is InChI=1S/C33H17N2O.C20H13N2.2C15H28O2.2Ir/c1-2-9-21-18-26-25(17-20(21)8-1)30-22-10-4-3-7-19(22)13-16-28(30)35-31-27(34-33(26)35)15-14-24-23-11-5-6-12-29(23)36-32(24)31;1-13-15-7-3-2-6-14(15)12-17-19(13)16-8-4-5-9-18(16)22-11-10-21-20(17)22;2*1-7-14(5,8-2)12(16)11-13(17)15(6,9-3)10-4;;/h1-17H;2-11H,1H3;2*11,16H,7-10H2,1-6H3;;/q2*-1;;;;. The summed E-state index contributed by atoms with van der Waals surface area (Å²) < 4.78 is 10.9. The van der Waals surface area contributed by atoms with E-state index in [9.17, 15) is 19.8 Å². The molecule has 9 nitrogen and oxygen atoms in total. The number of rotatable bonds is 14. The second-order valence-electron chi connectivity index (χ2n) is 26.0. The van der Waals surface area contributed by atoms with Crippen molar-refractivity contribution in [2.24, 2.45) is 21.7 Å². The van der Waals surface area contributed by atoms with Crippen molar-refractivity contribution in [2.45, 2.75) is 141 Å². The van der Waals surface area contributed by atoms with E-state index in [1.807, 2.05) is 108 Å². The summed E-state index contributed by atoms with van der Waals surface area (Å²) in [7, 11) is 0. The second-order valence-corrected chi connectivity index (χ2v) is 26.0. The minimum atomic E-state index is -0.337. The molecule has 0 aliphatic rings. The van der Waals surface area contributed by atoms with Gasteiger partial charge < -0.3 is 23.4 Å². The van der Waals surface area contributed by atoms with Gasteiger partial charge in [-0.05, 0) is 103 Å². The Balaban J connectivity index is 0.000000157. The Hall–Kier alpha value is -8.04. The molecule has 488 valence electrons. The number of carbonyl (C=O) groups is 2. The summed E-state index contributed by atoms with van der Waals surface area (Å²) in [6, 6.07) is 60.5. The molecule has 0 aliphatic heterocycles. The molecule has 5 heterocycles. The Bertz CT molecular complexity index is 5150. The molecule has 0 saturated carbocycles. The number of fused-ring (bicyclic) bond motifs is 22.